The van der Waals surface area contributed by atoms with Crippen molar-refractivity contribution in [1.29, 1.82) is 0 Å². The fourth-order valence-electron chi connectivity index (χ4n) is 1.55. The molecular weight excluding hydrogens is 221 g/mol. The first-order valence-electron chi connectivity index (χ1n) is 5.67. The van der Waals surface area contributed by atoms with Gasteiger partial charge in [-0.2, -0.15) is 0 Å². The van der Waals surface area contributed by atoms with Crippen molar-refractivity contribution < 1.29 is 14.2 Å². The topological polar surface area (TPSA) is 41.5 Å². The van der Waals surface area contributed by atoms with E-state index >= 15 is 0 Å². The zero-order chi connectivity index (χ0) is 12.9. The van der Waals surface area contributed by atoms with Crippen LogP contribution in [0.5, 0.6) is 5.75 Å². The summed E-state index contributed by atoms with van der Waals surface area (Å²) < 4.78 is 18.7. The summed E-state index contributed by atoms with van der Waals surface area (Å²) in [5.74, 6) is -0.0773. The number of rotatable bonds is 6. The number of benzene rings is 1. The Kier molecular flexibility index (Phi) is 4.90. The van der Waals surface area contributed by atoms with Gasteiger partial charge in [-0.05, 0) is 26.3 Å². The highest BCUT2D eigenvalue weighted by molar-refractivity contribution is 5.31. The lowest BCUT2D eigenvalue weighted by molar-refractivity contribution is 0.229. The molecule has 0 amide bonds. The smallest absolute Gasteiger partial charge is 0.169 e. The fraction of sp³-hybridized carbons (Fsp3) is 0.538. The summed E-state index contributed by atoms with van der Waals surface area (Å²) >= 11 is 0. The van der Waals surface area contributed by atoms with Crippen molar-refractivity contribution in [2.45, 2.75) is 32.4 Å². The van der Waals surface area contributed by atoms with Crippen LogP contribution in [0.3, 0.4) is 0 Å². The maximum Gasteiger partial charge on any atom is 0.169 e. The van der Waals surface area contributed by atoms with E-state index in [2.05, 4.69) is 5.32 Å². The van der Waals surface area contributed by atoms with Crippen LogP contribution in [-0.4, -0.2) is 24.4 Å². The zero-order valence-electron chi connectivity index (χ0n) is 10.6. The summed E-state index contributed by atoms with van der Waals surface area (Å²) in [6, 6.07) is 5.08. The normalized spacial score (nSPS) is 11.6. The number of aliphatic hydroxyl groups is 1. The SMILES string of the molecule is COc1cccc(CNC(C)(C)CCO)c1F. The molecule has 0 unspecified atom stereocenters. The van der Waals surface area contributed by atoms with Gasteiger partial charge >= 0.3 is 0 Å². The van der Waals surface area contributed by atoms with Crippen molar-refractivity contribution in [2.75, 3.05) is 13.7 Å². The summed E-state index contributed by atoms with van der Waals surface area (Å²) in [7, 11) is 1.45. The van der Waals surface area contributed by atoms with E-state index in [1.165, 1.54) is 7.11 Å². The molecule has 0 aromatic heterocycles. The lowest BCUT2D eigenvalue weighted by atomic mass is 10.0. The van der Waals surface area contributed by atoms with Gasteiger partial charge in [0.1, 0.15) is 0 Å². The molecule has 1 rings (SSSR count). The third kappa shape index (κ3) is 3.98. The molecule has 0 heterocycles. The molecule has 0 radical (unpaired) electrons. The van der Waals surface area contributed by atoms with Gasteiger partial charge in [-0.3, -0.25) is 0 Å². The average Bonchev–Trinajstić information content (AvgIpc) is 2.28. The molecule has 0 aliphatic carbocycles. The van der Waals surface area contributed by atoms with Crippen LogP contribution in [0.25, 0.3) is 0 Å². The molecule has 0 spiro atoms. The second-order valence-electron chi connectivity index (χ2n) is 4.64. The molecule has 0 fully saturated rings. The van der Waals surface area contributed by atoms with E-state index < -0.39 is 0 Å². The van der Waals surface area contributed by atoms with Gasteiger partial charge in [-0.1, -0.05) is 12.1 Å². The van der Waals surface area contributed by atoms with Crippen molar-refractivity contribution >= 4 is 0 Å². The number of hydrogen-bond donors (Lipinski definition) is 2. The Morgan fingerprint density at radius 1 is 1.41 bits per heavy atom. The minimum atomic E-state index is -0.331. The predicted molar refractivity (Wildman–Crippen MR) is 65.6 cm³/mol. The van der Waals surface area contributed by atoms with Crippen LogP contribution < -0.4 is 10.1 Å². The molecule has 17 heavy (non-hydrogen) atoms. The number of ether oxygens (including phenoxy) is 1. The minimum absolute atomic E-state index is 0.112. The van der Waals surface area contributed by atoms with Crippen LogP contribution in [0.1, 0.15) is 25.8 Å². The van der Waals surface area contributed by atoms with E-state index in [9.17, 15) is 4.39 Å². The molecule has 3 nitrogen and oxygen atoms in total. The standard InChI is InChI=1S/C13H20FNO2/c1-13(2,7-8-16)15-9-10-5-4-6-11(17-3)12(10)14/h4-6,15-16H,7-9H2,1-3H3. The molecule has 0 bridgehead atoms. The molecule has 96 valence electrons. The Morgan fingerprint density at radius 2 is 2.12 bits per heavy atom. The Labute approximate surface area is 102 Å². The van der Waals surface area contributed by atoms with Crippen molar-refractivity contribution in [3.63, 3.8) is 0 Å². The summed E-state index contributed by atoms with van der Waals surface area (Å²) in [5, 5.41) is 12.1. The second kappa shape index (κ2) is 5.98. The van der Waals surface area contributed by atoms with Gasteiger partial charge in [0.15, 0.2) is 11.6 Å². The van der Waals surface area contributed by atoms with Crippen LogP contribution in [0.4, 0.5) is 4.39 Å². The van der Waals surface area contributed by atoms with E-state index in [1.807, 2.05) is 13.8 Å². The highest BCUT2D eigenvalue weighted by Gasteiger charge is 2.17. The number of halogens is 1. The van der Waals surface area contributed by atoms with Crippen LogP contribution in [0, 0.1) is 5.82 Å². The number of nitrogens with one attached hydrogen (secondary N) is 1. The van der Waals surface area contributed by atoms with Gasteiger partial charge in [0.2, 0.25) is 0 Å². The van der Waals surface area contributed by atoms with E-state index in [1.54, 1.807) is 18.2 Å². The first-order valence-corrected chi connectivity index (χ1v) is 5.67. The van der Waals surface area contributed by atoms with Crippen LogP contribution >= 0.6 is 0 Å². The Morgan fingerprint density at radius 3 is 2.71 bits per heavy atom. The first-order chi connectivity index (χ1) is 8.00. The largest absolute Gasteiger partial charge is 0.494 e. The van der Waals surface area contributed by atoms with Crippen molar-refractivity contribution in [2.24, 2.45) is 0 Å². The zero-order valence-corrected chi connectivity index (χ0v) is 10.6. The Bertz CT molecular complexity index is 366. The summed E-state index contributed by atoms with van der Waals surface area (Å²) in [5.41, 5.74) is 0.347. The van der Waals surface area contributed by atoms with E-state index in [-0.39, 0.29) is 23.7 Å². The molecule has 0 aliphatic rings. The predicted octanol–water partition coefficient (Wildman–Crippen LogP) is 2.08. The molecule has 0 aliphatic heterocycles. The third-order valence-corrected chi connectivity index (χ3v) is 2.76. The Balaban J connectivity index is 2.69. The number of methoxy groups -OCH3 is 1. The van der Waals surface area contributed by atoms with Gasteiger partial charge < -0.3 is 15.2 Å². The van der Waals surface area contributed by atoms with Crippen molar-refractivity contribution in [3.05, 3.63) is 29.6 Å². The van der Waals surface area contributed by atoms with Gasteiger partial charge in [-0.15, -0.1) is 0 Å². The molecule has 1 aromatic carbocycles. The summed E-state index contributed by atoms with van der Waals surface area (Å²) in [6.45, 7) is 4.47. The maximum absolute atomic E-state index is 13.8. The summed E-state index contributed by atoms with van der Waals surface area (Å²) in [4.78, 5) is 0. The van der Waals surface area contributed by atoms with E-state index in [0.717, 1.165) is 0 Å². The molecule has 2 N–H and O–H groups in total. The van der Waals surface area contributed by atoms with Gasteiger partial charge in [0.25, 0.3) is 0 Å². The van der Waals surface area contributed by atoms with Crippen molar-refractivity contribution in [3.8, 4) is 5.75 Å². The molecule has 0 saturated heterocycles. The third-order valence-electron chi connectivity index (χ3n) is 2.76. The molecule has 1 aromatic rings. The number of aliphatic hydroxyl groups excluding tert-OH is 1. The molecule has 0 atom stereocenters. The van der Waals surface area contributed by atoms with Crippen molar-refractivity contribution in [1.82, 2.24) is 5.32 Å². The highest BCUT2D eigenvalue weighted by Crippen LogP contribution is 2.20. The quantitative estimate of drug-likeness (QED) is 0.801. The Hall–Kier alpha value is -1.13. The molecular formula is C13H20FNO2. The molecule has 0 saturated carbocycles. The second-order valence-corrected chi connectivity index (χ2v) is 4.64. The maximum atomic E-state index is 13.8. The first kappa shape index (κ1) is 13.9. The molecule has 4 heteroatoms. The number of hydrogen-bond acceptors (Lipinski definition) is 3. The van der Waals surface area contributed by atoms with Gasteiger partial charge in [0.05, 0.1) is 7.11 Å². The van der Waals surface area contributed by atoms with Gasteiger partial charge in [0, 0.05) is 24.3 Å². The van der Waals surface area contributed by atoms with Crippen LogP contribution in [0.15, 0.2) is 18.2 Å². The van der Waals surface area contributed by atoms with Crippen LogP contribution in [0.2, 0.25) is 0 Å². The van der Waals surface area contributed by atoms with Crippen LogP contribution in [-0.2, 0) is 6.54 Å². The lowest BCUT2D eigenvalue weighted by Crippen LogP contribution is -2.39. The highest BCUT2D eigenvalue weighted by atomic mass is 19.1. The monoisotopic (exact) mass is 241 g/mol. The van der Waals surface area contributed by atoms with Gasteiger partial charge in [-0.25, -0.2) is 4.39 Å². The minimum Gasteiger partial charge on any atom is -0.494 e. The summed E-state index contributed by atoms with van der Waals surface area (Å²) in [6.07, 6.45) is 0.624. The lowest BCUT2D eigenvalue weighted by Gasteiger charge is -2.25. The van der Waals surface area contributed by atoms with E-state index in [0.29, 0.717) is 18.5 Å². The fourth-order valence-corrected chi connectivity index (χ4v) is 1.55. The van der Waals surface area contributed by atoms with E-state index in [4.69, 9.17) is 9.84 Å². The average molecular weight is 241 g/mol.